The highest BCUT2D eigenvalue weighted by Crippen LogP contribution is 2.57. The molecule has 31 heavy (non-hydrogen) atoms. The van der Waals surface area contributed by atoms with Gasteiger partial charge in [0.1, 0.15) is 11.5 Å². The van der Waals surface area contributed by atoms with Gasteiger partial charge in [-0.15, -0.1) is 0 Å². The molecule has 1 heterocycles. The van der Waals surface area contributed by atoms with Crippen molar-refractivity contribution in [2.24, 2.45) is 5.41 Å². The number of allylic oxidation sites excluding steroid dienone is 2. The van der Waals surface area contributed by atoms with Gasteiger partial charge in [0.15, 0.2) is 5.41 Å². The number of methoxy groups -OCH3 is 2. The van der Waals surface area contributed by atoms with Crippen molar-refractivity contribution in [1.82, 2.24) is 0 Å². The third kappa shape index (κ3) is 3.46. The summed E-state index contributed by atoms with van der Waals surface area (Å²) in [6.07, 6.45) is 4.39. The van der Waals surface area contributed by atoms with E-state index in [1.165, 1.54) is 0 Å². The molecule has 2 aromatic rings. The molecule has 4 rings (SSSR count). The van der Waals surface area contributed by atoms with Crippen molar-refractivity contribution >= 4 is 11.9 Å². The van der Waals surface area contributed by atoms with Crippen molar-refractivity contribution in [3.8, 4) is 11.5 Å². The minimum absolute atomic E-state index is 0.447. The van der Waals surface area contributed by atoms with Crippen LogP contribution >= 0.6 is 0 Å². The van der Waals surface area contributed by atoms with Crippen molar-refractivity contribution in [3.05, 3.63) is 71.8 Å². The number of rotatable bonds is 4. The molecule has 0 amide bonds. The second-order valence-corrected chi connectivity index (χ2v) is 8.30. The molecule has 1 aliphatic carbocycles. The number of benzene rings is 2. The van der Waals surface area contributed by atoms with E-state index in [2.05, 4.69) is 0 Å². The van der Waals surface area contributed by atoms with E-state index in [1.807, 2.05) is 54.6 Å². The van der Waals surface area contributed by atoms with Crippen LogP contribution in [0.25, 0.3) is 0 Å². The van der Waals surface area contributed by atoms with Gasteiger partial charge in [-0.3, -0.25) is 9.59 Å². The zero-order valence-electron chi connectivity index (χ0n) is 18.1. The molecule has 0 saturated carbocycles. The molecule has 6 heteroatoms. The van der Waals surface area contributed by atoms with E-state index in [0.717, 1.165) is 5.56 Å². The summed E-state index contributed by atoms with van der Waals surface area (Å²) < 4.78 is 22.2. The SMILES string of the molecule is COc1cc(OC)cc([C@H]2C=CC[C@@H](c3ccccc3)C23C(=O)OC(C)(C)OC3=O)c1. The topological polar surface area (TPSA) is 71.1 Å². The Morgan fingerprint density at radius 3 is 2.00 bits per heavy atom. The van der Waals surface area contributed by atoms with Crippen molar-refractivity contribution in [2.45, 2.75) is 37.9 Å². The Morgan fingerprint density at radius 2 is 1.45 bits per heavy atom. The lowest BCUT2D eigenvalue weighted by Crippen LogP contribution is -2.59. The van der Waals surface area contributed by atoms with E-state index >= 15 is 0 Å². The van der Waals surface area contributed by atoms with Gasteiger partial charge in [0.25, 0.3) is 5.79 Å². The molecule has 162 valence electrons. The monoisotopic (exact) mass is 422 g/mol. The third-order valence-corrected chi connectivity index (χ3v) is 6.03. The summed E-state index contributed by atoms with van der Waals surface area (Å²) in [6.45, 7) is 3.13. The molecule has 0 aromatic heterocycles. The van der Waals surface area contributed by atoms with Gasteiger partial charge in [0.2, 0.25) is 0 Å². The lowest BCUT2D eigenvalue weighted by atomic mass is 9.58. The molecule has 2 aliphatic rings. The van der Waals surface area contributed by atoms with Crippen LogP contribution in [0.3, 0.4) is 0 Å². The summed E-state index contributed by atoms with van der Waals surface area (Å²) in [5, 5.41) is 0. The van der Waals surface area contributed by atoms with Crippen LogP contribution in [0.5, 0.6) is 11.5 Å². The zero-order valence-corrected chi connectivity index (χ0v) is 18.1. The molecule has 1 fully saturated rings. The lowest BCUT2D eigenvalue weighted by molar-refractivity contribution is -0.254. The molecule has 1 aliphatic heterocycles. The van der Waals surface area contributed by atoms with Crippen molar-refractivity contribution < 1.29 is 28.5 Å². The van der Waals surface area contributed by atoms with Crippen molar-refractivity contribution in [3.63, 3.8) is 0 Å². The third-order valence-electron chi connectivity index (χ3n) is 6.03. The molecule has 0 radical (unpaired) electrons. The van der Waals surface area contributed by atoms with E-state index in [9.17, 15) is 9.59 Å². The minimum atomic E-state index is -1.57. The number of carbonyl (C=O) groups excluding carboxylic acids is 2. The smallest absolute Gasteiger partial charge is 0.328 e. The van der Waals surface area contributed by atoms with Crippen LogP contribution in [0.15, 0.2) is 60.7 Å². The van der Waals surface area contributed by atoms with Gasteiger partial charge in [-0.1, -0.05) is 42.5 Å². The molecule has 2 atom stereocenters. The van der Waals surface area contributed by atoms with Crippen LogP contribution in [-0.2, 0) is 19.1 Å². The van der Waals surface area contributed by atoms with E-state index in [1.54, 1.807) is 34.1 Å². The molecule has 2 aromatic carbocycles. The Hall–Kier alpha value is -3.28. The Labute approximate surface area is 181 Å². The van der Waals surface area contributed by atoms with Gasteiger partial charge < -0.3 is 18.9 Å². The predicted molar refractivity (Wildman–Crippen MR) is 114 cm³/mol. The Kier molecular flexibility index (Phi) is 5.25. The van der Waals surface area contributed by atoms with Crippen LogP contribution in [-0.4, -0.2) is 31.9 Å². The Balaban J connectivity index is 1.94. The van der Waals surface area contributed by atoms with Crippen LogP contribution in [0.1, 0.15) is 43.2 Å². The largest absolute Gasteiger partial charge is 0.497 e. The minimum Gasteiger partial charge on any atom is -0.497 e. The summed E-state index contributed by atoms with van der Waals surface area (Å²) in [5.74, 6) is -2.42. The fraction of sp³-hybridized carbons (Fsp3) is 0.360. The van der Waals surface area contributed by atoms with Crippen LogP contribution in [0.2, 0.25) is 0 Å². The molecule has 0 N–H and O–H groups in total. The summed E-state index contributed by atoms with van der Waals surface area (Å²) in [7, 11) is 3.12. The van der Waals surface area contributed by atoms with E-state index in [4.69, 9.17) is 18.9 Å². The quantitative estimate of drug-likeness (QED) is 0.414. The highest BCUT2D eigenvalue weighted by atomic mass is 16.7. The first-order valence-electron chi connectivity index (χ1n) is 10.2. The second kappa shape index (κ2) is 7.76. The standard InChI is InChI=1S/C25H26O6/c1-24(2)30-22(26)25(23(27)31-24)20(16-9-6-5-7-10-16)11-8-12-21(25)17-13-18(28-3)15-19(14-17)29-4/h5-10,12-15,20-21H,11H2,1-4H3/t20-,21+/m0/s1. The lowest BCUT2D eigenvalue weighted by Gasteiger charge is -2.48. The van der Waals surface area contributed by atoms with Gasteiger partial charge in [-0.05, 0) is 29.7 Å². The fourth-order valence-corrected chi connectivity index (χ4v) is 4.63. The summed E-state index contributed by atoms with van der Waals surface area (Å²) in [5.41, 5.74) is 0.0187. The summed E-state index contributed by atoms with van der Waals surface area (Å²) >= 11 is 0. The first-order valence-corrected chi connectivity index (χ1v) is 10.2. The van der Waals surface area contributed by atoms with Crippen LogP contribution in [0, 0.1) is 5.41 Å². The number of hydrogen-bond donors (Lipinski definition) is 0. The first-order chi connectivity index (χ1) is 14.8. The molecular weight excluding hydrogens is 396 g/mol. The Bertz CT molecular complexity index is 981. The molecule has 1 saturated heterocycles. The van der Waals surface area contributed by atoms with Gasteiger partial charge >= 0.3 is 11.9 Å². The molecule has 6 nitrogen and oxygen atoms in total. The van der Waals surface area contributed by atoms with E-state index < -0.39 is 35.0 Å². The average Bonchev–Trinajstić information content (AvgIpc) is 2.76. The molecule has 1 spiro atoms. The predicted octanol–water partition coefficient (Wildman–Crippen LogP) is 4.35. The van der Waals surface area contributed by atoms with Crippen molar-refractivity contribution in [2.75, 3.05) is 14.2 Å². The number of esters is 2. The highest BCUT2D eigenvalue weighted by molar-refractivity contribution is 6.04. The first kappa shape index (κ1) is 21.0. The normalized spacial score (nSPS) is 23.7. The van der Waals surface area contributed by atoms with E-state index in [-0.39, 0.29) is 0 Å². The summed E-state index contributed by atoms with van der Waals surface area (Å²) in [6, 6.07) is 14.9. The maximum atomic E-state index is 13.7. The van der Waals surface area contributed by atoms with Gasteiger partial charge in [0.05, 0.1) is 14.2 Å². The van der Waals surface area contributed by atoms with Crippen LogP contribution < -0.4 is 9.47 Å². The number of cyclic esters (lactones) is 2. The van der Waals surface area contributed by atoms with Crippen molar-refractivity contribution in [1.29, 1.82) is 0 Å². The van der Waals surface area contributed by atoms with E-state index in [0.29, 0.717) is 23.5 Å². The molecule has 0 bridgehead atoms. The number of ether oxygens (including phenoxy) is 4. The highest BCUT2D eigenvalue weighted by Gasteiger charge is 2.65. The zero-order chi connectivity index (χ0) is 22.2. The maximum absolute atomic E-state index is 13.7. The van der Waals surface area contributed by atoms with Gasteiger partial charge in [-0.25, -0.2) is 0 Å². The van der Waals surface area contributed by atoms with Crippen LogP contribution in [0.4, 0.5) is 0 Å². The Morgan fingerprint density at radius 1 is 0.871 bits per heavy atom. The molecular formula is C25H26O6. The molecule has 0 unspecified atom stereocenters. The number of hydrogen-bond acceptors (Lipinski definition) is 6. The maximum Gasteiger partial charge on any atom is 0.328 e. The van der Waals surface area contributed by atoms with Gasteiger partial charge in [0, 0.05) is 31.7 Å². The summed E-state index contributed by atoms with van der Waals surface area (Å²) in [4.78, 5) is 27.3. The fourth-order valence-electron chi connectivity index (χ4n) is 4.63. The number of carbonyl (C=O) groups is 2. The average molecular weight is 422 g/mol. The second-order valence-electron chi connectivity index (χ2n) is 8.30. The van der Waals surface area contributed by atoms with Gasteiger partial charge in [-0.2, -0.15) is 0 Å².